The maximum absolute atomic E-state index is 11.5. The summed E-state index contributed by atoms with van der Waals surface area (Å²) in [5.74, 6) is -1.30. The third-order valence-corrected chi connectivity index (χ3v) is 2.84. The van der Waals surface area contributed by atoms with E-state index in [9.17, 15) is 14.7 Å². The number of amides is 1. The predicted molar refractivity (Wildman–Crippen MR) is 64.5 cm³/mol. The van der Waals surface area contributed by atoms with Crippen LogP contribution in [0.2, 0.25) is 0 Å². The van der Waals surface area contributed by atoms with E-state index in [1.54, 1.807) is 38.1 Å². The van der Waals surface area contributed by atoms with Gasteiger partial charge >= 0.3 is 5.97 Å². The lowest BCUT2D eigenvalue weighted by Crippen LogP contribution is -2.51. The van der Waals surface area contributed by atoms with Crippen LogP contribution < -0.4 is 5.32 Å². The molecule has 1 atom stereocenters. The van der Waals surface area contributed by atoms with E-state index in [1.807, 2.05) is 6.07 Å². The summed E-state index contributed by atoms with van der Waals surface area (Å²) in [5, 5.41) is 12.0. The zero-order chi connectivity index (χ0) is 12.9. The molecule has 1 unspecified atom stereocenters. The molecule has 4 nitrogen and oxygen atoms in total. The van der Waals surface area contributed by atoms with Gasteiger partial charge in [0.25, 0.3) is 0 Å². The third kappa shape index (κ3) is 2.64. The van der Waals surface area contributed by atoms with Crippen molar-refractivity contribution in [3.63, 3.8) is 0 Å². The summed E-state index contributed by atoms with van der Waals surface area (Å²) in [4.78, 5) is 23.0. The molecule has 1 aromatic rings. The summed E-state index contributed by atoms with van der Waals surface area (Å²) in [7, 11) is 0. The van der Waals surface area contributed by atoms with Crippen LogP contribution in [0, 0.1) is 0 Å². The minimum absolute atomic E-state index is 0.266. The zero-order valence-corrected chi connectivity index (χ0v) is 10.1. The van der Waals surface area contributed by atoms with Gasteiger partial charge in [0, 0.05) is 6.42 Å². The molecule has 0 aliphatic heterocycles. The zero-order valence-electron chi connectivity index (χ0n) is 10.1. The first-order chi connectivity index (χ1) is 8.06. The Morgan fingerprint density at radius 2 is 1.82 bits per heavy atom. The Hall–Kier alpha value is -1.84. The first-order valence-electron chi connectivity index (χ1n) is 5.66. The predicted octanol–water partition coefficient (Wildman–Crippen LogP) is 1.90. The fraction of sp³-hybridized carbons (Fsp3) is 0.385. The largest absolute Gasteiger partial charge is 0.479 e. The van der Waals surface area contributed by atoms with Crippen LogP contribution in [0.4, 0.5) is 0 Å². The van der Waals surface area contributed by atoms with Crippen molar-refractivity contribution in [2.45, 2.75) is 32.2 Å². The average Bonchev–Trinajstić information content (AvgIpc) is 2.36. The normalized spacial score (nSPS) is 13.8. The van der Waals surface area contributed by atoms with Gasteiger partial charge in [-0.1, -0.05) is 44.2 Å². The number of aliphatic carboxylic acids is 1. The number of carbonyl (C=O) groups excluding carboxylic acids is 1. The molecule has 92 valence electrons. The van der Waals surface area contributed by atoms with Gasteiger partial charge in [-0.3, -0.25) is 4.79 Å². The molecule has 2 N–H and O–H groups in total. The molecule has 0 aliphatic rings. The Morgan fingerprint density at radius 3 is 2.24 bits per heavy atom. The highest BCUT2D eigenvalue weighted by Gasteiger charge is 2.39. The van der Waals surface area contributed by atoms with E-state index in [-0.39, 0.29) is 12.3 Å². The molecule has 0 saturated carbocycles. The topological polar surface area (TPSA) is 66.4 Å². The van der Waals surface area contributed by atoms with E-state index in [4.69, 9.17) is 0 Å². The maximum Gasteiger partial charge on any atom is 0.334 e. The number of carboxylic acid groups (broad SMARTS) is 1. The Labute approximate surface area is 101 Å². The van der Waals surface area contributed by atoms with E-state index in [0.717, 1.165) is 0 Å². The number of hydrogen-bond acceptors (Lipinski definition) is 2. The van der Waals surface area contributed by atoms with Gasteiger partial charge in [-0.2, -0.15) is 0 Å². The quantitative estimate of drug-likeness (QED) is 0.819. The first-order valence-corrected chi connectivity index (χ1v) is 5.66. The summed E-state index contributed by atoms with van der Waals surface area (Å²) in [6, 6.07) is 8.77. The van der Waals surface area contributed by atoms with Gasteiger partial charge in [0.15, 0.2) is 5.54 Å². The minimum Gasteiger partial charge on any atom is -0.479 e. The fourth-order valence-corrected chi connectivity index (χ4v) is 1.74. The minimum atomic E-state index is -1.33. The second kappa shape index (κ2) is 5.48. The highest BCUT2D eigenvalue weighted by atomic mass is 16.4. The van der Waals surface area contributed by atoms with Gasteiger partial charge in [0.2, 0.25) is 5.91 Å². The molecule has 1 aromatic carbocycles. The van der Waals surface area contributed by atoms with Crippen molar-refractivity contribution < 1.29 is 14.7 Å². The van der Waals surface area contributed by atoms with Crippen molar-refractivity contribution in [1.82, 2.24) is 5.32 Å². The number of carboxylic acids is 1. The van der Waals surface area contributed by atoms with Gasteiger partial charge in [0.05, 0.1) is 0 Å². The Kier molecular flexibility index (Phi) is 4.26. The van der Waals surface area contributed by atoms with Crippen LogP contribution in [0.5, 0.6) is 0 Å². The molecule has 1 amide bonds. The van der Waals surface area contributed by atoms with Crippen LogP contribution in [0.3, 0.4) is 0 Å². The number of benzene rings is 1. The van der Waals surface area contributed by atoms with Crippen molar-refractivity contribution in [3.8, 4) is 0 Å². The molecule has 0 heterocycles. The standard InChI is InChI=1S/C13H17NO3/c1-3-11(15)14-13(4-2,12(16)17)10-8-6-5-7-9-10/h5-9H,3-4H2,1-2H3,(H,14,15)(H,16,17). The second-order valence-corrected chi connectivity index (χ2v) is 3.83. The summed E-state index contributed by atoms with van der Waals surface area (Å²) in [5.41, 5.74) is -0.731. The van der Waals surface area contributed by atoms with Crippen molar-refractivity contribution in [2.75, 3.05) is 0 Å². The third-order valence-electron chi connectivity index (χ3n) is 2.84. The van der Waals surface area contributed by atoms with Gasteiger partial charge in [-0.25, -0.2) is 4.79 Å². The molecule has 0 aromatic heterocycles. The second-order valence-electron chi connectivity index (χ2n) is 3.83. The van der Waals surface area contributed by atoms with Gasteiger partial charge in [-0.05, 0) is 12.0 Å². The van der Waals surface area contributed by atoms with Gasteiger partial charge < -0.3 is 10.4 Å². The lowest BCUT2D eigenvalue weighted by Gasteiger charge is -2.29. The van der Waals surface area contributed by atoms with Gasteiger partial charge in [0.1, 0.15) is 0 Å². The molecule has 0 radical (unpaired) electrons. The lowest BCUT2D eigenvalue weighted by molar-refractivity contribution is -0.148. The molecule has 0 spiro atoms. The Balaban J connectivity index is 3.18. The maximum atomic E-state index is 11.5. The van der Waals surface area contributed by atoms with E-state index < -0.39 is 11.5 Å². The van der Waals surface area contributed by atoms with E-state index >= 15 is 0 Å². The van der Waals surface area contributed by atoms with Crippen LogP contribution in [0.15, 0.2) is 30.3 Å². The average molecular weight is 235 g/mol. The number of hydrogen-bond donors (Lipinski definition) is 2. The fourth-order valence-electron chi connectivity index (χ4n) is 1.74. The lowest BCUT2D eigenvalue weighted by atomic mass is 9.87. The van der Waals surface area contributed by atoms with Crippen LogP contribution in [-0.2, 0) is 15.1 Å². The molecule has 0 saturated heterocycles. The van der Waals surface area contributed by atoms with Crippen LogP contribution in [0.25, 0.3) is 0 Å². The van der Waals surface area contributed by atoms with Crippen molar-refractivity contribution in [3.05, 3.63) is 35.9 Å². The molecule has 0 bridgehead atoms. The number of rotatable bonds is 5. The monoisotopic (exact) mass is 235 g/mol. The SMILES string of the molecule is CCC(=O)NC(CC)(C(=O)O)c1ccccc1. The van der Waals surface area contributed by atoms with Gasteiger partial charge in [-0.15, -0.1) is 0 Å². The molecular weight excluding hydrogens is 218 g/mol. The number of carbonyl (C=O) groups is 2. The Morgan fingerprint density at radius 1 is 1.24 bits per heavy atom. The van der Waals surface area contributed by atoms with E-state index in [2.05, 4.69) is 5.32 Å². The summed E-state index contributed by atoms with van der Waals surface area (Å²) in [6.07, 6.45) is 0.569. The molecular formula is C13H17NO3. The van der Waals surface area contributed by atoms with Crippen molar-refractivity contribution in [1.29, 1.82) is 0 Å². The summed E-state index contributed by atoms with van der Waals surface area (Å²) < 4.78 is 0. The highest BCUT2D eigenvalue weighted by molar-refractivity contribution is 5.88. The molecule has 0 aliphatic carbocycles. The molecule has 1 rings (SSSR count). The smallest absolute Gasteiger partial charge is 0.334 e. The summed E-state index contributed by atoms with van der Waals surface area (Å²) in [6.45, 7) is 3.44. The molecule has 0 fully saturated rings. The van der Waals surface area contributed by atoms with E-state index in [0.29, 0.717) is 12.0 Å². The molecule has 17 heavy (non-hydrogen) atoms. The Bertz CT molecular complexity index is 402. The highest BCUT2D eigenvalue weighted by Crippen LogP contribution is 2.25. The van der Waals surface area contributed by atoms with Crippen LogP contribution >= 0.6 is 0 Å². The van der Waals surface area contributed by atoms with Crippen LogP contribution in [0.1, 0.15) is 32.3 Å². The van der Waals surface area contributed by atoms with E-state index in [1.165, 1.54) is 0 Å². The first kappa shape index (κ1) is 13.2. The molecule has 4 heteroatoms. The number of nitrogens with one attached hydrogen (secondary N) is 1. The van der Waals surface area contributed by atoms with Crippen molar-refractivity contribution >= 4 is 11.9 Å². The summed E-state index contributed by atoms with van der Waals surface area (Å²) >= 11 is 0. The van der Waals surface area contributed by atoms with Crippen LogP contribution in [-0.4, -0.2) is 17.0 Å². The van der Waals surface area contributed by atoms with Crippen molar-refractivity contribution in [2.24, 2.45) is 0 Å².